The molecule has 2 amide bonds. The number of hydrogen-bond acceptors (Lipinski definition) is 5. The van der Waals surface area contributed by atoms with Gasteiger partial charge in [-0.1, -0.05) is 6.07 Å². The fourth-order valence-electron chi connectivity index (χ4n) is 1.53. The first-order valence-electron chi connectivity index (χ1n) is 6.59. The first kappa shape index (κ1) is 16.9. The highest BCUT2D eigenvalue weighted by Gasteiger charge is 2.13. The van der Waals surface area contributed by atoms with Gasteiger partial charge in [0.25, 0.3) is 0 Å². The number of hydrogen-bond donors (Lipinski definition) is 3. The fourth-order valence-corrected chi connectivity index (χ4v) is 1.53. The van der Waals surface area contributed by atoms with Crippen LogP contribution in [0.2, 0.25) is 0 Å². The molecule has 0 aliphatic heterocycles. The van der Waals surface area contributed by atoms with Gasteiger partial charge in [-0.2, -0.15) is 0 Å². The van der Waals surface area contributed by atoms with Crippen LogP contribution in [0.25, 0.3) is 0 Å². The van der Waals surface area contributed by atoms with Crippen LogP contribution >= 0.6 is 0 Å². The maximum atomic E-state index is 11.7. The molecule has 0 saturated heterocycles. The lowest BCUT2D eigenvalue weighted by Crippen LogP contribution is -2.37. The highest BCUT2D eigenvalue weighted by molar-refractivity contribution is 6.39. The molecule has 0 aliphatic carbocycles. The van der Waals surface area contributed by atoms with E-state index in [9.17, 15) is 9.59 Å². The zero-order valence-electron chi connectivity index (χ0n) is 12.3. The van der Waals surface area contributed by atoms with Crippen molar-refractivity contribution in [1.82, 2.24) is 5.32 Å². The molecule has 0 aliphatic rings. The van der Waals surface area contributed by atoms with E-state index in [1.54, 1.807) is 18.2 Å². The van der Waals surface area contributed by atoms with Crippen LogP contribution in [-0.2, 0) is 14.3 Å². The van der Waals surface area contributed by atoms with Gasteiger partial charge < -0.3 is 25.4 Å². The van der Waals surface area contributed by atoms with Gasteiger partial charge in [0.15, 0.2) is 0 Å². The minimum atomic E-state index is -0.729. The van der Waals surface area contributed by atoms with Crippen molar-refractivity contribution in [2.45, 2.75) is 0 Å². The van der Waals surface area contributed by atoms with Gasteiger partial charge >= 0.3 is 11.8 Å². The van der Waals surface area contributed by atoms with Gasteiger partial charge in [-0.3, -0.25) is 9.59 Å². The number of benzene rings is 1. The van der Waals surface area contributed by atoms with Gasteiger partial charge in [0.1, 0.15) is 0 Å². The quantitative estimate of drug-likeness (QED) is 0.479. The lowest BCUT2D eigenvalue weighted by Gasteiger charge is -2.14. The van der Waals surface area contributed by atoms with Crippen molar-refractivity contribution in [1.29, 1.82) is 0 Å². The molecule has 0 aromatic heterocycles. The Morgan fingerprint density at radius 1 is 1.24 bits per heavy atom. The molecular formula is C14H21N3O4. The van der Waals surface area contributed by atoms with E-state index in [-0.39, 0.29) is 26.4 Å². The van der Waals surface area contributed by atoms with Crippen molar-refractivity contribution in [3.8, 4) is 0 Å². The summed E-state index contributed by atoms with van der Waals surface area (Å²) in [7, 11) is 3.78. The number of amides is 2. The third-order valence-electron chi connectivity index (χ3n) is 2.59. The Kier molecular flexibility index (Phi) is 7.20. The van der Waals surface area contributed by atoms with E-state index in [1.165, 1.54) is 0 Å². The Morgan fingerprint density at radius 3 is 2.67 bits per heavy atom. The predicted molar refractivity (Wildman–Crippen MR) is 80.3 cm³/mol. The maximum Gasteiger partial charge on any atom is 0.313 e. The normalized spacial score (nSPS) is 10.0. The Morgan fingerprint density at radius 2 is 2.00 bits per heavy atom. The van der Waals surface area contributed by atoms with E-state index < -0.39 is 11.8 Å². The second-order valence-electron chi connectivity index (χ2n) is 4.49. The van der Waals surface area contributed by atoms with Gasteiger partial charge in [0.2, 0.25) is 0 Å². The molecule has 1 aromatic carbocycles. The zero-order chi connectivity index (χ0) is 15.7. The first-order chi connectivity index (χ1) is 10.0. The zero-order valence-corrected chi connectivity index (χ0v) is 12.3. The van der Waals surface area contributed by atoms with Crippen LogP contribution in [0.3, 0.4) is 0 Å². The van der Waals surface area contributed by atoms with Crippen molar-refractivity contribution < 1.29 is 19.4 Å². The summed E-state index contributed by atoms with van der Waals surface area (Å²) in [6.07, 6.45) is 0. The number of nitrogens with zero attached hydrogens (tertiary/aromatic N) is 1. The fraction of sp³-hybridized carbons (Fsp3) is 0.429. The van der Waals surface area contributed by atoms with E-state index >= 15 is 0 Å². The lowest BCUT2D eigenvalue weighted by molar-refractivity contribution is -0.136. The molecule has 0 heterocycles. The third kappa shape index (κ3) is 6.24. The standard InChI is InChI=1S/C14H21N3O4/c1-17(2)12-5-3-4-11(10-12)16-14(20)13(19)15-6-8-21-9-7-18/h3-5,10,18H,6-9H2,1-2H3,(H,15,19)(H,16,20). The number of rotatable bonds is 7. The molecule has 0 radical (unpaired) electrons. The average molecular weight is 295 g/mol. The Hall–Kier alpha value is -2.12. The minimum absolute atomic E-state index is 0.0728. The molecule has 0 atom stereocenters. The first-order valence-corrected chi connectivity index (χ1v) is 6.59. The molecule has 0 unspecified atom stereocenters. The highest BCUT2D eigenvalue weighted by atomic mass is 16.5. The maximum absolute atomic E-state index is 11.7. The summed E-state index contributed by atoms with van der Waals surface area (Å²) in [5, 5.41) is 13.5. The molecule has 1 aromatic rings. The number of aliphatic hydroxyl groups is 1. The van der Waals surface area contributed by atoms with Crippen molar-refractivity contribution in [3.63, 3.8) is 0 Å². The molecule has 0 spiro atoms. The van der Waals surface area contributed by atoms with E-state index in [0.717, 1.165) is 5.69 Å². The number of aliphatic hydroxyl groups excluding tert-OH is 1. The predicted octanol–water partition coefficient (Wildman–Crippen LogP) is -0.184. The Bertz CT molecular complexity index is 477. The molecule has 7 heteroatoms. The largest absolute Gasteiger partial charge is 0.394 e. The summed E-state index contributed by atoms with van der Waals surface area (Å²) in [4.78, 5) is 25.2. The molecule has 1 rings (SSSR count). The van der Waals surface area contributed by atoms with Crippen molar-refractivity contribution in [2.75, 3.05) is 50.7 Å². The molecular weight excluding hydrogens is 274 g/mol. The summed E-state index contributed by atoms with van der Waals surface area (Å²) in [5.41, 5.74) is 1.48. The number of ether oxygens (including phenoxy) is 1. The summed E-state index contributed by atoms with van der Waals surface area (Å²) < 4.78 is 4.97. The SMILES string of the molecule is CN(C)c1cccc(NC(=O)C(=O)NCCOCCO)c1. The monoisotopic (exact) mass is 295 g/mol. The van der Waals surface area contributed by atoms with Gasteiger partial charge in [-0.15, -0.1) is 0 Å². The molecule has 116 valence electrons. The van der Waals surface area contributed by atoms with Gasteiger partial charge in [-0.05, 0) is 18.2 Å². The topological polar surface area (TPSA) is 90.9 Å². The van der Waals surface area contributed by atoms with Gasteiger partial charge in [-0.25, -0.2) is 0 Å². The molecule has 0 bridgehead atoms. The van der Waals surface area contributed by atoms with Gasteiger partial charge in [0, 0.05) is 32.0 Å². The number of nitrogens with one attached hydrogen (secondary N) is 2. The Labute approximate surface area is 123 Å². The Balaban J connectivity index is 2.41. The summed E-state index contributed by atoms with van der Waals surface area (Å²) in [6, 6.07) is 7.18. The van der Waals surface area contributed by atoms with E-state index in [0.29, 0.717) is 5.69 Å². The average Bonchev–Trinajstić information content (AvgIpc) is 2.47. The highest BCUT2D eigenvalue weighted by Crippen LogP contribution is 2.16. The minimum Gasteiger partial charge on any atom is -0.394 e. The van der Waals surface area contributed by atoms with Crippen LogP contribution in [0.5, 0.6) is 0 Å². The van der Waals surface area contributed by atoms with Crippen LogP contribution < -0.4 is 15.5 Å². The summed E-state index contributed by atoms with van der Waals surface area (Å²) >= 11 is 0. The molecule has 0 fully saturated rings. The number of anilines is 2. The van der Waals surface area contributed by atoms with Crippen LogP contribution in [-0.4, -0.2) is 57.4 Å². The van der Waals surface area contributed by atoms with E-state index in [2.05, 4.69) is 10.6 Å². The second-order valence-corrected chi connectivity index (χ2v) is 4.49. The van der Waals surface area contributed by atoms with E-state index in [4.69, 9.17) is 9.84 Å². The van der Waals surface area contributed by atoms with Gasteiger partial charge in [0.05, 0.1) is 19.8 Å². The van der Waals surface area contributed by atoms with Crippen LogP contribution in [0.4, 0.5) is 11.4 Å². The smallest absolute Gasteiger partial charge is 0.313 e. The van der Waals surface area contributed by atoms with E-state index in [1.807, 2.05) is 25.1 Å². The molecule has 0 saturated carbocycles. The molecule has 7 nitrogen and oxygen atoms in total. The molecule has 3 N–H and O–H groups in total. The number of carbonyl (C=O) groups is 2. The number of carbonyl (C=O) groups excluding carboxylic acids is 2. The van der Waals surface area contributed by atoms with Crippen molar-refractivity contribution in [3.05, 3.63) is 24.3 Å². The molecule has 21 heavy (non-hydrogen) atoms. The van der Waals surface area contributed by atoms with Crippen LogP contribution in [0, 0.1) is 0 Å². The third-order valence-corrected chi connectivity index (χ3v) is 2.59. The lowest BCUT2D eigenvalue weighted by atomic mass is 10.2. The summed E-state index contributed by atoms with van der Waals surface area (Å²) in [5.74, 6) is -1.45. The van der Waals surface area contributed by atoms with Crippen molar-refractivity contribution >= 4 is 23.2 Å². The van der Waals surface area contributed by atoms with Crippen LogP contribution in [0.15, 0.2) is 24.3 Å². The summed E-state index contributed by atoms with van der Waals surface area (Å²) in [6.45, 7) is 0.593. The second kappa shape index (κ2) is 8.93. The van der Waals surface area contributed by atoms with Crippen LogP contribution in [0.1, 0.15) is 0 Å². The van der Waals surface area contributed by atoms with Crippen molar-refractivity contribution in [2.24, 2.45) is 0 Å².